The first kappa shape index (κ1) is 17.7. The summed E-state index contributed by atoms with van der Waals surface area (Å²) in [6.45, 7) is 5.52. The SMILES string of the molecule is COc1cccc(Nc2c(C(=O)OC(C)C)cnc3nc(C)ccc23)c1. The van der Waals surface area contributed by atoms with Crippen LogP contribution < -0.4 is 10.1 Å². The second-order valence-corrected chi connectivity index (χ2v) is 6.18. The second-order valence-electron chi connectivity index (χ2n) is 6.18. The summed E-state index contributed by atoms with van der Waals surface area (Å²) in [6, 6.07) is 11.3. The molecule has 6 nitrogen and oxygen atoms in total. The first-order valence-corrected chi connectivity index (χ1v) is 8.36. The number of rotatable bonds is 5. The zero-order chi connectivity index (χ0) is 18.7. The maximum atomic E-state index is 12.6. The number of esters is 1. The van der Waals surface area contributed by atoms with Gasteiger partial charge in [-0.25, -0.2) is 14.8 Å². The van der Waals surface area contributed by atoms with Crippen LogP contribution in [0, 0.1) is 6.92 Å². The lowest BCUT2D eigenvalue weighted by Crippen LogP contribution is -2.14. The highest BCUT2D eigenvalue weighted by Crippen LogP contribution is 2.30. The number of carbonyl (C=O) groups is 1. The number of hydrogen-bond donors (Lipinski definition) is 1. The van der Waals surface area contributed by atoms with Gasteiger partial charge in [-0.15, -0.1) is 0 Å². The molecule has 3 aromatic rings. The third-order valence-corrected chi connectivity index (χ3v) is 3.77. The van der Waals surface area contributed by atoms with Crippen molar-refractivity contribution in [2.75, 3.05) is 12.4 Å². The quantitative estimate of drug-likeness (QED) is 0.693. The van der Waals surface area contributed by atoms with Crippen molar-refractivity contribution >= 4 is 28.4 Å². The molecule has 0 atom stereocenters. The fraction of sp³-hybridized carbons (Fsp3) is 0.250. The van der Waals surface area contributed by atoms with E-state index in [-0.39, 0.29) is 6.10 Å². The molecular formula is C20H21N3O3. The molecule has 1 aromatic carbocycles. The van der Waals surface area contributed by atoms with Gasteiger partial charge in [-0.2, -0.15) is 0 Å². The third-order valence-electron chi connectivity index (χ3n) is 3.77. The summed E-state index contributed by atoms with van der Waals surface area (Å²) >= 11 is 0. The van der Waals surface area contributed by atoms with Crippen molar-refractivity contribution in [3.8, 4) is 5.75 Å². The molecule has 0 bridgehead atoms. The number of fused-ring (bicyclic) bond motifs is 1. The predicted octanol–water partition coefficient (Wildman–Crippen LogP) is 4.26. The molecule has 0 aliphatic rings. The highest BCUT2D eigenvalue weighted by atomic mass is 16.5. The Labute approximate surface area is 152 Å². The Kier molecular flexibility index (Phi) is 5.02. The lowest BCUT2D eigenvalue weighted by Gasteiger charge is -2.15. The number of carbonyl (C=O) groups excluding carboxylic acids is 1. The minimum atomic E-state index is -0.430. The Morgan fingerprint density at radius 3 is 2.73 bits per heavy atom. The fourth-order valence-corrected chi connectivity index (χ4v) is 2.58. The number of aryl methyl sites for hydroxylation is 1. The summed E-state index contributed by atoms with van der Waals surface area (Å²) in [6.07, 6.45) is 1.28. The zero-order valence-corrected chi connectivity index (χ0v) is 15.2. The minimum absolute atomic E-state index is 0.223. The second kappa shape index (κ2) is 7.39. The van der Waals surface area contributed by atoms with Crippen LogP contribution in [0.1, 0.15) is 29.9 Å². The number of benzene rings is 1. The Balaban J connectivity index is 2.13. The monoisotopic (exact) mass is 351 g/mol. The predicted molar refractivity (Wildman–Crippen MR) is 101 cm³/mol. The molecular weight excluding hydrogens is 330 g/mol. The van der Waals surface area contributed by atoms with E-state index in [0.717, 1.165) is 16.8 Å². The summed E-state index contributed by atoms with van der Waals surface area (Å²) < 4.78 is 10.6. The van der Waals surface area contributed by atoms with Crippen molar-refractivity contribution in [2.24, 2.45) is 0 Å². The summed E-state index contributed by atoms with van der Waals surface area (Å²) in [7, 11) is 1.61. The van der Waals surface area contributed by atoms with E-state index in [1.807, 2.05) is 57.2 Å². The van der Waals surface area contributed by atoms with Crippen molar-refractivity contribution in [1.82, 2.24) is 9.97 Å². The van der Waals surface area contributed by atoms with E-state index in [9.17, 15) is 4.79 Å². The Morgan fingerprint density at radius 2 is 2.00 bits per heavy atom. The van der Waals surface area contributed by atoms with Crippen LogP contribution in [0.4, 0.5) is 11.4 Å². The van der Waals surface area contributed by atoms with Crippen LogP contribution in [0.5, 0.6) is 5.75 Å². The van der Waals surface area contributed by atoms with Crippen molar-refractivity contribution in [3.05, 3.63) is 53.9 Å². The summed E-state index contributed by atoms with van der Waals surface area (Å²) in [4.78, 5) is 21.3. The number of pyridine rings is 2. The molecule has 3 rings (SSSR count). The lowest BCUT2D eigenvalue weighted by molar-refractivity contribution is 0.0379. The minimum Gasteiger partial charge on any atom is -0.497 e. The molecule has 0 aliphatic carbocycles. The molecule has 6 heteroatoms. The molecule has 0 amide bonds. The van der Waals surface area contributed by atoms with E-state index in [1.165, 1.54) is 6.20 Å². The maximum absolute atomic E-state index is 12.6. The van der Waals surface area contributed by atoms with Gasteiger partial charge in [-0.05, 0) is 45.0 Å². The first-order chi connectivity index (χ1) is 12.5. The summed E-state index contributed by atoms with van der Waals surface area (Å²) in [5.74, 6) is 0.286. The Hall–Kier alpha value is -3.15. The van der Waals surface area contributed by atoms with Gasteiger partial charge in [0.25, 0.3) is 0 Å². The molecule has 134 valence electrons. The molecule has 0 radical (unpaired) electrons. The number of ether oxygens (including phenoxy) is 2. The molecule has 2 aromatic heterocycles. The Bertz CT molecular complexity index is 954. The highest BCUT2D eigenvalue weighted by molar-refractivity contribution is 6.05. The summed E-state index contributed by atoms with van der Waals surface area (Å²) in [5.41, 5.74) is 3.18. The van der Waals surface area contributed by atoms with Gasteiger partial charge in [0.2, 0.25) is 0 Å². The molecule has 0 unspecified atom stereocenters. The van der Waals surface area contributed by atoms with Crippen LogP contribution in [-0.4, -0.2) is 29.2 Å². The van der Waals surface area contributed by atoms with Crippen molar-refractivity contribution < 1.29 is 14.3 Å². The van der Waals surface area contributed by atoms with Crippen LogP contribution in [0.2, 0.25) is 0 Å². The van der Waals surface area contributed by atoms with E-state index in [1.54, 1.807) is 7.11 Å². The van der Waals surface area contributed by atoms with Crippen LogP contribution in [-0.2, 0) is 4.74 Å². The van der Waals surface area contributed by atoms with E-state index in [0.29, 0.717) is 22.6 Å². The molecule has 2 heterocycles. The van der Waals surface area contributed by atoms with Crippen LogP contribution in [0.3, 0.4) is 0 Å². The number of anilines is 2. The smallest absolute Gasteiger partial charge is 0.342 e. The number of nitrogens with zero attached hydrogens (tertiary/aromatic N) is 2. The van der Waals surface area contributed by atoms with E-state index < -0.39 is 5.97 Å². The highest BCUT2D eigenvalue weighted by Gasteiger charge is 2.19. The van der Waals surface area contributed by atoms with Gasteiger partial charge < -0.3 is 14.8 Å². The van der Waals surface area contributed by atoms with E-state index in [4.69, 9.17) is 9.47 Å². The van der Waals surface area contributed by atoms with E-state index >= 15 is 0 Å². The van der Waals surface area contributed by atoms with E-state index in [2.05, 4.69) is 15.3 Å². The Morgan fingerprint density at radius 1 is 1.19 bits per heavy atom. The average molecular weight is 351 g/mol. The molecule has 0 saturated carbocycles. The average Bonchev–Trinajstić information content (AvgIpc) is 2.61. The number of aromatic nitrogens is 2. The molecule has 0 saturated heterocycles. The van der Waals surface area contributed by atoms with Gasteiger partial charge in [0.1, 0.15) is 11.3 Å². The largest absolute Gasteiger partial charge is 0.497 e. The van der Waals surface area contributed by atoms with Crippen molar-refractivity contribution in [2.45, 2.75) is 26.9 Å². The molecule has 0 spiro atoms. The number of nitrogens with one attached hydrogen (secondary N) is 1. The van der Waals surface area contributed by atoms with Gasteiger partial charge in [-0.3, -0.25) is 0 Å². The molecule has 0 aliphatic heterocycles. The maximum Gasteiger partial charge on any atom is 0.342 e. The van der Waals surface area contributed by atoms with Crippen LogP contribution >= 0.6 is 0 Å². The number of methoxy groups -OCH3 is 1. The number of hydrogen-bond acceptors (Lipinski definition) is 6. The molecule has 26 heavy (non-hydrogen) atoms. The molecule has 0 fully saturated rings. The first-order valence-electron chi connectivity index (χ1n) is 8.36. The zero-order valence-electron chi connectivity index (χ0n) is 15.2. The lowest BCUT2D eigenvalue weighted by atomic mass is 10.1. The van der Waals surface area contributed by atoms with Gasteiger partial charge in [0.15, 0.2) is 5.65 Å². The van der Waals surface area contributed by atoms with Crippen LogP contribution in [0.15, 0.2) is 42.6 Å². The normalized spacial score (nSPS) is 10.8. The third kappa shape index (κ3) is 3.74. The standard InChI is InChI=1S/C20H21N3O3/c1-12(2)26-20(24)17-11-21-19-16(9-8-13(3)22-19)18(17)23-14-6-5-7-15(10-14)25-4/h5-12H,1-4H3,(H,21,22,23). The van der Waals surface area contributed by atoms with Crippen LogP contribution in [0.25, 0.3) is 11.0 Å². The van der Waals surface area contributed by atoms with Gasteiger partial charge in [-0.1, -0.05) is 6.07 Å². The topological polar surface area (TPSA) is 73.3 Å². The summed E-state index contributed by atoms with van der Waals surface area (Å²) in [5, 5.41) is 4.05. The van der Waals surface area contributed by atoms with Gasteiger partial charge in [0, 0.05) is 29.0 Å². The van der Waals surface area contributed by atoms with Crippen molar-refractivity contribution in [1.29, 1.82) is 0 Å². The van der Waals surface area contributed by atoms with Crippen molar-refractivity contribution in [3.63, 3.8) is 0 Å². The van der Waals surface area contributed by atoms with Gasteiger partial charge >= 0.3 is 5.97 Å². The fourth-order valence-electron chi connectivity index (χ4n) is 2.58. The molecule has 1 N–H and O–H groups in total. The van der Waals surface area contributed by atoms with Gasteiger partial charge in [0.05, 0.1) is 18.9 Å².